The van der Waals surface area contributed by atoms with Gasteiger partial charge in [-0.05, 0) is 49.7 Å². The third-order valence-electron chi connectivity index (χ3n) is 6.48. The predicted molar refractivity (Wildman–Crippen MR) is 105 cm³/mol. The monoisotopic (exact) mass is 386 g/mol. The van der Waals surface area contributed by atoms with Gasteiger partial charge in [-0.15, -0.1) is 0 Å². The summed E-state index contributed by atoms with van der Waals surface area (Å²) in [5.41, 5.74) is 0.156. The lowest BCUT2D eigenvalue weighted by Gasteiger charge is -2.47. The highest BCUT2D eigenvalue weighted by Crippen LogP contribution is 2.40. The van der Waals surface area contributed by atoms with Crippen molar-refractivity contribution in [1.82, 2.24) is 9.80 Å². The van der Waals surface area contributed by atoms with Gasteiger partial charge in [-0.3, -0.25) is 9.59 Å². The maximum atomic E-state index is 12.5. The number of carbonyl (C=O) groups is 2. The summed E-state index contributed by atoms with van der Waals surface area (Å²) in [6.07, 6.45) is 5.84. The number of piperidine rings is 2. The number of nitrogens with zero attached hydrogens (tertiary/aromatic N) is 2. The standard InChI is InChI=1S/C22H30N2O4/c25-20-8-9-22(17-24(20)15-19-7-4-14-27-19)10-12-23(13-11-22)21(26)16-28-18-5-2-1-3-6-18/h1-3,5-6,19H,4,7-17H2. The van der Waals surface area contributed by atoms with E-state index in [4.69, 9.17) is 9.47 Å². The first kappa shape index (κ1) is 19.2. The normalized spacial score (nSPS) is 24.6. The topological polar surface area (TPSA) is 59.1 Å². The molecule has 2 amide bonds. The molecule has 1 unspecified atom stereocenters. The van der Waals surface area contributed by atoms with Crippen LogP contribution in [0.15, 0.2) is 30.3 Å². The van der Waals surface area contributed by atoms with Crippen LogP contribution in [0.1, 0.15) is 38.5 Å². The van der Waals surface area contributed by atoms with Crippen LogP contribution in [0.5, 0.6) is 5.75 Å². The zero-order chi connectivity index (χ0) is 19.4. The lowest BCUT2D eigenvalue weighted by Crippen LogP contribution is -2.54. The Balaban J connectivity index is 1.27. The molecule has 3 aliphatic heterocycles. The maximum absolute atomic E-state index is 12.5. The molecule has 28 heavy (non-hydrogen) atoms. The molecule has 1 atom stereocenters. The molecule has 0 aliphatic carbocycles. The van der Waals surface area contributed by atoms with Crippen LogP contribution in [0.3, 0.4) is 0 Å². The summed E-state index contributed by atoms with van der Waals surface area (Å²) >= 11 is 0. The van der Waals surface area contributed by atoms with Gasteiger partial charge in [-0.1, -0.05) is 18.2 Å². The van der Waals surface area contributed by atoms with E-state index in [1.54, 1.807) is 0 Å². The Morgan fingerprint density at radius 3 is 2.68 bits per heavy atom. The zero-order valence-electron chi connectivity index (χ0n) is 16.5. The molecular weight excluding hydrogens is 356 g/mol. The van der Waals surface area contributed by atoms with Gasteiger partial charge in [0.25, 0.3) is 5.91 Å². The lowest BCUT2D eigenvalue weighted by atomic mass is 9.72. The smallest absolute Gasteiger partial charge is 0.260 e. The molecule has 6 heteroatoms. The lowest BCUT2D eigenvalue weighted by molar-refractivity contribution is -0.144. The summed E-state index contributed by atoms with van der Waals surface area (Å²) in [5.74, 6) is 1.03. The minimum atomic E-state index is 0.0433. The molecule has 3 saturated heterocycles. The van der Waals surface area contributed by atoms with Crippen LogP contribution in [0, 0.1) is 5.41 Å². The van der Waals surface area contributed by atoms with Crippen LogP contribution in [-0.4, -0.2) is 67.1 Å². The van der Waals surface area contributed by atoms with Crippen LogP contribution in [0.2, 0.25) is 0 Å². The fraction of sp³-hybridized carbons (Fsp3) is 0.636. The van der Waals surface area contributed by atoms with E-state index in [9.17, 15) is 9.59 Å². The Hall–Kier alpha value is -2.08. The highest BCUT2D eigenvalue weighted by Gasteiger charge is 2.42. The van der Waals surface area contributed by atoms with Gasteiger partial charge in [0, 0.05) is 39.2 Å². The number of hydrogen-bond acceptors (Lipinski definition) is 4. The number of carbonyl (C=O) groups excluding carboxylic acids is 2. The minimum absolute atomic E-state index is 0.0433. The molecule has 4 rings (SSSR count). The third-order valence-corrected chi connectivity index (χ3v) is 6.48. The first-order chi connectivity index (χ1) is 13.6. The molecule has 0 bridgehead atoms. The van der Waals surface area contributed by atoms with E-state index < -0.39 is 0 Å². The van der Waals surface area contributed by atoms with E-state index >= 15 is 0 Å². The van der Waals surface area contributed by atoms with E-state index in [2.05, 4.69) is 0 Å². The Bertz CT molecular complexity index is 679. The SMILES string of the molecule is O=C(COc1ccccc1)N1CCC2(CCC(=O)N(CC3CCCO3)C2)CC1. The molecule has 1 spiro atoms. The summed E-state index contributed by atoms with van der Waals surface area (Å²) in [4.78, 5) is 28.8. The highest BCUT2D eigenvalue weighted by atomic mass is 16.5. The summed E-state index contributed by atoms with van der Waals surface area (Å²) in [5, 5.41) is 0. The predicted octanol–water partition coefficient (Wildman–Crippen LogP) is 2.48. The Morgan fingerprint density at radius 2 is 1.96 bits per heavy atom. The van der Waals surface area contributed by atoms with Crippen molar-refractivity contribution < 1.29 is 19.1 Å². The molecule has 0 aromatic heterocycles. The second kappa shape index (κ2) is 8.52. The van der Waals surface area contributed by atoms with Crippen LogP contribution in [0.25, 0.3) is 0 Å². The first-order valence-corrected chi connectivity index (χ1v) is 10.5. The van der Waals surface area contributed by atoms with Gasteiger partial charge in [0.1, 0.15) is 5.75 Å². The van der Waals surface area contributed by atoms with Crippen molar-refractivity contribution >= 4 is 11.8 Å². The number of para-hydroxylation sites is 1. The van der Waals surface area contributed by atoms with Gasteiger partial charge in [0.15, 0.2) is 6.61 Å². The average Bonchev–Trinajstić information content (AvgIpc) is 3.24. The molecule has 6 nitrogen and oxygen atoms in total. The molecule has 0 saturated carbocycles. The molecule has 1 aromatic rings. The molecular formula is C22H30N2O4. The number of rotatable bonds is 5. The maximum Gasteiger partial charge on any atom is 0.260 e. The van der Waals surface area contributed by atoms with E-state index in [0.29, 0.717) is 6.42 Å². The van der Waals surface area contributed by atoms with Gasteiger partial charge in [-0.25, -0.2) is 0 Å². The Kier molecular flexibility index (Phi) is 5.85. The molecule has 0 N–H and O–H groups in total. The first-order valence-electron chi connectivity index (χ1n) is 10.5. The van der Waals surface area contributed by atoms with Crippen molar-refractivity contribution in [2.24, 2.45) is 5.41 Å². The molecule has 3 fully saturated rings. The largest absolute Gasteiger partial charge is 0.484 e. The van der Waals surface area contributed by atoms with Crippen molar-refractivity contribution in [1.29, 1.82) is 0 Å². The number of amides is 2. The number of benzene rings is 1. The second-order valence-corrected chi connectivity index (χ2v) is 8.39. The van der Waals surface area contributed by atoms with Crippen LogP contribution in [-0.2, 0) is 14.3 Å². The second-order valence-electron chi connectivity index (χ2n) is 8.39. The fourth-order valence-corrected chi connectivity index (χ4v) is 4.69. The van der Waals surface area contributed by atoms with E-state index in [1.807, 2.05) is 40.1 Å². The van der Waals surface area contributed by atoms with Gasteiger partial charge < -0.3 is 19.3 Å². The van der Waals surface area contributed by atoms with Crippen molar-refractivity contribution in [2.45, 2.75) is 44.6 Å². The fourth-order valence-electron chi connectivity index (χ4n) is 4.69. The van der Waals surface area contributed by atoms with Crippen molar-refractivity contribution in [2.75, 3.05) is 39.4 Å². The molecule has 3 aliphatic rings. The summed E-state index contributed by atoms with van der Waals surface area (Å²) in [6.45, 7) is 3.95. The average molecular weight is 386 g/mol. The number of ether oxygens (including phenoxy) is 2. The molecule has 3 heterocycles. The van der Waals surface area contributed by atoms with Crippen LogP contribution < -0.4 is 4.74 Å². The van der Waals surface area contributed by atoms with Crippen molar-refractivity contribution in [3.05, 3.63) is 30.3 Å². The number of hydrogen-bond donors (Lipinski definition) is 0. The minimum Gasteiger partial charge on any atom is -0.484 e. The van der Waals surface area contributed by atoms with E-state index in [-0.39, 0.29) is 29.9 Å². The number of likely N-dealkylation sites (tertiary alicyclic amines) is 2. The van der Waals surface area contributed by atoms with Crippen molar-refractivity contribution in [3.63, 3.8) is 0 Å². The van der Waals surface area contributed by atoms with Gasteiger partial charge in [0.2, 0.25) is 5.91 Å². The third kappa shape index (κ3) is 4.49. The Labute approximate surface area is 166 Å². The van der Waals surface area contributed by atoms with Crippen LogP contribution in [0.4, 0.5) is 0 Å². The van der Waals surface area contributed by atoms with Gasteiger partial charge in [0.05, 0.1) is 6.10 Å². The van der Waals surface area contributed by atoms with E-state index in [0.717, 1.165) is 70.6 Å². The van der Waals surface area contributed by atoms with Gasteiger partial charge >= 0.3 is 0 Å². The Morgan fingerprint density at radius 1 is 1.18 bits per heavy atom. The zero-order valence-corrected chi connectivity index (χ0v) is 16.5. The quantitative estimate of drug-likeness (QED) is 0.780. The van der Waals surface area contributed by atoms with Crippen molar-refractivity contribution in [3.8, 4) is 5.75 Å². The summed E-state index contributed by atoms with van der Waals surface area (Å²) < 4.78 is 11.3. The van der Waals surface area contributed by atoms with Crippen LogP contribution >= 0.6 is 0 Å². The molecule has 1 aromatic carbocycles. The summed E-state index contributed by atoms with van der Waals surface area (Å²) in [7, 11) is 0. The van der Waals surface area contributed by atoms with Gasteiger partial charge in [-0.2, -0.15) is 0 Å². The van der Waals surface area contributed by atoms with E-state index in [1.165, 1.54) is 0 Å². The highest BCUT2D eigenvalue weighted by molar-refractivity contribution is 5.78. The molecule has 0 radical (unpaired) electrons. The molecule has 152 valence electrons. The summed E-state index contributed by atoms with van der Waals surface area (Å²) in [6, 6.07) is 9.45.